The van der Waals surface area contributed by atoms with Crippen LogP contribution in [0.2, 0.25) is 5.02 Å². The molecule has 0 unspecified atom stereocenters. The van der Waals surface area contributed by atoms with Gasteiger partial charge in [-0.1, -0.05) is 18.0 Å². The van der Waals surface area contributed by atoms with Crippen LogP contribution in [0.4, 0.5) is 0 Å². The third kappa shape index (κ3) is 2.31. The number of benzene rings is 1. The van der Waals surface area contributed by atoms with Gasteiger partial charge in [0.15, 0.2) is 0 Å². The SMILES string of the molecule is COc1ccc(Cl)cc1SC1(CO)CCC1. The van der Waals surface area contributed by atoms with Gasteiger partial charge in [0.25, 0.3) is 0 Å². The molecule has 2 nitrogen and oxygen atoms in total. The Morgan fingerprint density at radius 1 is 1.50 bits per heavy atom. The monoisotopic (exact) mass is 258 g/mol. The van der Waals surface area contributed by atoms with Crippen LogP contribution in [0, 0.1) is 0 Å². The Hall–Kier alpha value is -0.380. The number of halogens is 1. The van der Waals surface area contributed by atoms with Crippen LogP contribution in [0.3, 0.4) is 0 Å². The summed E-state index contributed by atoms with van der Waals surface area (Å²) in [4.78, 5) is 1.02. The van der Waals surface area contributed by atoms with E-state index in [1.54, 1.807) is 18.9 Å². The number of thioether (sulfide) groups is 1. The van der Waals surface area contributed by atoms with Crippen LogP contribution in [-0.4, -0.2) is 23.6 Å². The summed E-state index contributed by atoms with van der Waals surface area (Å²) in [6.07, 6.45) is 3.31. The second kappa shape index (κ2) is 4.86. The van der Waals surface area contributed by atoms with E-state index in [4.69, 9.17) is 16.3 Å². The van der Waals surface area contributed by atoms with Gasteiger partial charge in [0.05, 0.1) is 18.6 Å². The molecule has 0 spiro atoms. The molecule has 1 aromatic carbocycles. The van der Waals surface area contributed by atoms with Crippen LogP contribution in [-0.2, 0) is 0 Å². The summed E-state index contributed by atoms with van der Waals surface area (Å²) < 4.78 is 5.28. The Morgan fingerprint density at radius 3 is 2.75 bits per heavy atom. The molecule has 0 heterocycles. The van der Waals surface area contributed by atoms with Crippen LogP contribution in [0.25, 0.3) is 0 Å². The maximum atomic E-state index is 9.44. The molecule has 88 valence electrons. The van der Waals surface area contributed by atoms with Crippen molar-refractivity contribution in [2.45, 2.75) is 28.9 Å². The van der Waals surface area contributed by atoms with Crippen LogP contribution in [0.5, 0.6) is 5.75 Å². The van der Waals surface area contributed by atoms with Gasteiger partial charge in [0, 0.05) is 9.77 Å². The van der Waals surface area contributed by atoms with E-state index in [1.165, 1.54) is 6.42 Å². The quantitative estimate of drug-likeness (QED) is 0.898. The van der Waals surface area contributed by atoms with E-state index < -0.39 is 0 Å². The van der Waals surface area contributed by atoms with Crippen molar-refractivity contribution in [3.8, 4) is 5.75 Å². The number of ether oxygens (including phenoxy) is 1. The average molecular weight is 259 g/mol. The third-order valence-electron chi connectivity index (χ3n) is 3.01. The zero-order valence-corrected chi connectivity index (χ0v) is 10.8. The van der Waals surface area contributed by atoms with Gasteiger partial charge in [-0.2, -0.15) is 0 Å². The Labute approximate surface area is 105 Å². The molecule has 4 heteroatoms. The molecule has 2 rings (SSSR count). The van der Waals surface area contributed by atoms with Crippen molar-refractivity contribution in [3.63, 3.8) is 0 Å². The lowest BCUT2D eigenvalue weighted by atomic mass is 9.85. The van der Waals surface area contributed by atoms with E-state index in [1.807, 2.05) is 18.2 Å². The van der Waals surface area contributed by atoms with Gasteiger partial charge in [0.2, 0.25) is 0 Å². The number of methoxy groups -OCH3 is 1. The first-order valence-corrected chi connectivity index (χ1v) is 6.52. The molecular weight excluding hydrogens is 244 g/mol. The predicted octanol–water partition coefficient (Wildman–Crippen LogP) is 3.36. The molecule has 0 saturated heterocycles. The third-order valence-corrected chi connectivity index (χ3v) is 4.75. The number of aliphatic hydroxyl groups excluding tert-OH is 1. The molecule has 1 aromatic rings. The van der Waals surface area contributed by atoms with Crippen molar-refractivity contribution in [2.75, 3.05) is 13.7 Å². The number of rotatable bonds is 4. The molecule has 0 atom stereocenters. The van der Waals surface area contributed by atoms with Gasteiger partial charge in [-0.3, -0.25) is 0 Å². The average Bonchev–Trinajstić information content (AvgIpc) is 2.24. The highest BCUT2D eigenvalue weighted by Gasteiger charge is 2.38. The second-order valence-corrected chi connectivity index (χ2v) is 6.04. The molecule has 0 amide bonds. The van der Waals surface area contributed by atoms with E-state index >= 15 is 0 Å². The van der Waals surface area contributed by atoms with Gasteiger partial charge in [-0.25, -0.2) is 0 Å². The minimum atomic E-state index is -0.0159. The Balaban J connectivity index is 2.22. The molecule has 16 heavy (non-hydrogen) atoms. The molecule has 0 aliphatic heterocycles. The fourth-order valence-corrected chi connectivity index (χ4v) is 3.53. The fourth-order valence-electron chi connectivity index (χ4n) is 1.83. The van der Waals surface area contributed by atoms with E-state index in [0.29, 0.717) is 5.02 Å². The second-order valence-electron chi connectivity index (χ2n) is 4.09. The lowest BCUT2D eigenvalue weighted by molar-refractivity contribution is 0.191. The van der Waals surface area contributed by atoms with Gasteiger partial charge < -0.3 is 9.84 Å². The zero-order valence-electron chi connectivity index (χ0n) is 9.20. The fraction of sp³-hybridized carbons (Fsp3) is 0.500. The lowest BCUT2D eigenvalue weighted by Crippen LogP contribution is -2.37. The minimum absolute atomic E-state index is 0.0159. The van der Waals surface area contributed by atoms with Crippen molar-refractivity contribution in [1.82, 2.24) is 0 Å². The number of hydrogen-bond donors (Lipinski definition) is 1. The molecule has 1 aliphatic rings. The van der Waals surface area contributed by atoms with Crippen molar-refractivity contribution >= 4 is 23.4 Å². The summed E-state index contributed by atoms with van der Waals surface area (Å²) in [5.74, 6) is 0.828. The summed E-state index contributed by atoms with van der Waals surface area (Å²) >= 11 is 7.66. The molecule has 0 radical (unpaired) electrons. The van der Waals surface area contributed by atoms with Gasteiger partial charge in [0.1, 0.15) is 5.75 Å². The molecule has 0 bridgehead atoms. The Bertz CT molecular complexity index is 372. The van der Waals surface area contributed by atoms with Gasteiger partial charge >= 0.3 is 0 Å². The summed E-state index contributed by atoms with van der Waals surface area (Å²) in [5, 5.41) is 10.1. The molecule has 1 aliphatic carbocycles. The molecule has 1 fully saturated rings. The zero-order chi connectivity index (χ0) is 11.6. The lowest BCUT2D eigenvalue weighted by Gasteiger charge is -2.39. The maximum Gasteiger partial charge on any atom is 0.132 e. The Kier molecular flexibility index (Phi) is 3.67. The van der Waals surface area contributed by atoms with E-state index in [0.717, 1.165) is 23.5 Å². The summed E-state index contributed by atoms with van der Waals surface area (Å²) in [6.45, 7) is 0.216. The minimum Gasteiger partial charge on any atom is -0.496 e. The summed E-state index contributed by atoms with van der Waals surface area (Å²) in [5.41, 5.74) is 0. The van der Waals surface area contributed by atoms with Crippen molar-refractivity contribution < 1.29 is 9.84 Å². The van der Waals surface area contributed by atoms with Crippen molar-refractivity contribution in [3.05, 3.63) is 23.2 Å². The van der Waals surface area contributed by atoms with E-state index in [9.17, 15) is 5.11 Å². The van der Waals surface area contributed by atoms with Crippen molar-refractivity contribution in [2.24, 2.45) is 0 Å². The molecule has 1 N–H and O–H groups in total. The predicted molar refractivity (Wildman–Crippen MR) is 67.5 cm³/mol. The normalized spacial score (nSPS) is 17.9. The highest BCUT2D eigenvalue weighted by atomic mass is 35.5. The van der Waals surface area contributed by atoms with Crippen molar-refractivity contribution in [1.29, 1.82) is 0 Å². The number of aliphatic hydroxyl groups is 1. The van der Waals surface area contributed by atoms with Crippen LogP contribution < -0.4 is 4.74 Å². The Morgan fingerprint density at radius 2 is 2.25 bits per heavy atom. The van der Waals surface area contributed by atoms with Crippen LogP contribution in [0.15, 0.2) is 23.1 Å². The molecule has 1 saturated carbocycles. The highest BCUT2D eigenvalue weighted by Crippen LogP contribution is 2.49. The maximum absolute atomic E-state index is 9.44. The van der Waals surface area contributed by atoms with Crippen LogP contribution >= 0.6 is 23.4 Å². The first kappa shape index (κ1) is 12.1. The van der Waals surface area contributed by atoms with E-state index in [-0.39, 0.29) is 11.4 Å². The standard InChI is InChI=1S/C12H15ClO2S/c1-15-10-4-3-9(13)7-11(10)16-12(8-14)5-2-6-12/h3-4,7,14H,2,5-6,8H2,1H3. The van der Waals surface area contributed by atoms with Gasteiger partial charge in [-0.15, -0.1) is 11.8 Å². The largest absolute Gasteiger partial charge is 0.496 e. The smallest absolute Gasteiger partial charge is 0.132 e. The van der Waals surface area contributed by atoms with E-state index in [2.05, 4.69) is 0 Å². The van der Waals surface area contributed by atoms with Gasteiger partial charge in [-0.05, 0) is 31.0 Å². The molecular formula is C12H15ClO2S. The first-order chi connectivity index (χ1) is 7.69. The van der Waals surface area contributed by atoms with Crippen LogP contribution in [0.1, 0.15) is 19.3 Å². The number of hydrogen-bond acceptors (Lipinski definition) is 3. The summed E-state index contributed by atoms with van der Waals surface area (Å²) in [6, 6.07) is 5.59. The first-order valence-electron chi connectivity index (χ1n) is 5.32. The summed E-state index contributed by atoms with van der Waals surface area (Å²) in [7, 11) is 1.65. The topological polar surface area (TPSA) is 29.5 Å². The molecule has 0 aromatic heterocycles. The highest BCUT2D eigenvalue weighted by molar-refractivity contribution is 8.00.